The van der Waals surface area contributed by atoms with E-state index in [1.807, 2.05) is 20.8 Å². The number of rotatable bonds is 5. The van der Waals surface area contributed by atoms with Crippen molar-refractivity contribution in [3.05, 3.63) is 72.7 Å². The molecular weight excluding hydrogens is 376 g/mol. The lowest BCUT2D eigenvalue weighted by molar-refractivity contribution is -0.685. The maximum absolute atomic E-state index is 12.0. The largest absolute Gasteiger partial charge is 0.422 e. The zero-order valence-electron chi connectivity index (χ0n) is 15.5. The third-order valence-electron chi connectivity index (χ3n) is 4.76. The first-order chi connectivity index (χ1) is 13.0. The summed E-state index contributed by atoms with van der Waals surface area (Å²) in [5.74, 6) is 0. The van der Waals surface area contributed by atoms with E-state index in [0.29, 0.717) is 5.58 Å². The quantitative estimate of drug-likeness (QED) is 0.514. The third-order valence-corrected chi connectivity index (χ3v) is 6.66. The molecule has 4 rings (SSSR count). The van der Waals surface area contributed by atoms with Crippen molar-refractivity contribution in [3.63, 3.8) is 0 Å². The van der Waals surface area contributed by atoms with Crippen LogP contribution in [0.25, 0.3) is 21.5 Å². The normalized spacial score (nSPS) is 11.4. The Morgan fingerprint density at radius 3 is 2.74 bits per heavy atom. The van der Waals surface area contributed by atoms with Gasteiger partial charge in [0.25, 0.3) is 0 Å². The second-order valence-corrected chi connectivity index (χ2v) is 8.92. The van der Waals surface area contributed by atoms with Gasteiger partial charge in [-0.15, -0.1) is 22.7 Å². The van der Waals surface area contributed by atoms with Crippen LogP contribution in [-0.2, 0) is 13.1 Å². The van der Waals surface area contributed by atoms with Gasteiger partial charge in [-0.25, -0.2) is 9.78 Å². The average Bonchev–Trinajstić information content (AvgIpc) is 3.27. The molecule has 0 aliphatic carbocycles. The van der Waals surface area contributed by atoms with Crippen molar-refractivity contribution in [3.8, 4) is 10.6 Å². The molecule has 0 spiro atoms. The van der Waals surface area contributed by atoms with Gasteiger partial charge < -0.3 is 9.73 Å². The summed E-state index contributed by atoms with van der Waals surface area (Å²) < 4.78 is 5.46. The number of aromatic nitrogens is 1. The Balaban J connectivity index is 1.51. The molecule has 4 aromatic rings. The summed E-state index contributed by atoms with van der Waals surface area (Å²) in [4.78, 5) is 19.0. The number of benzene rings is 1. The molecule has 0 bridgehead atoms. The van der Waals surface area contributed by atoms with Crippen molar-refractivity contribution in [2.45, 2.75) is 33.9 Å². The number of aryl methyl sites for hydroxylation is 3. The fraction of sp³-hybridized carbons (Fsp3) is 0.238. The van der Waals surface area contributed by atoms with Crippen LogP contribution in [0.3, 0.4) is 0 Å². The van der Waals surface area contributed by atoms with E-state index in [9.17, 15) is 4.79 Å². The Morgan fingerprint density at radius 1 is 1.11 bits per heavy atom. The molecule has 0 amide bonds. The smallest absolute Gasteiger partial charge is 0.336 e. The van der Waals surface area contributed by atoms with Crippen molar-refractivity contribution in [2.24, 2.45) is 0 Å². The van der Waals surface area contributed by atoms with Crippen molar-refractivity contribution < 1.29 is 9.73 Å². The number of hydrogen-bond acceptors (Lipinski definition) is 5. The minimum atomic E-state index is -0.281. The van der Waals surface area contributed by atoms with Crippen LogP contribution < -0.4 is 10.9 Å². The minimum absolute atomic E-state index is 0.281. The van der Waals surface area contributed by atoms with E-state index >= 15 is 0 Å². The lowest BCUT2D eigenvalue weighted by atomic mass is 10.0. The first kappa shape index (κ1) is 18.1. The van der Waals surface area contributed by atoms with Gasteiger partial charge in [-0.3, -0.25) is 0 Å². The van der Waals surface area contributed by atoms with Crippen molar-refractivity contribution in [2.75, 3.05) is 0 Å². The van der Waals surface area contributed by atoms with Crippen LogP contribution in [0, 0.1) is 20.8 Å². The molecule has 0 aliphatic rings. The fourth-order valence-electron chi connectivity index (χ4n) is 3.17. The summed E-state index contributed by atoms with van der Waals surface area (Å²) in [6.07, 6.45) is 0. The highest BCUT2D eigenvalue weighted by molar-refractivity contribution is 7.16. The number of hydrogen-bond donors (Lipinski definition) is 1. The Bertz CT molecular complexity index is 1170. The minimum Gasteiger partial charge on any atom is -0.422 e. The standard InChI is InChI=1S/C21H20N2O2S2/c1-12-4-6-17-15(8-20(24)25-21(17)13(12)2)9-22-10-16-5-7-19(27-16)18-11-26-14(3)23-18/h4-8,11,22H,9-10H2,1-3H3/p+1. The summed E-state index contributed by atoms with van der Waals surface area (Å²) in [6, 6.07) is 10.1. The summed E-state index contributed by atoms with van der Waals surface area (Å²) in [5.41, 5.74) is 4.69. The van der Waals surface area contributed by atoms with Gasteiger partial charge in [-0.1, -0.05) is 12.1 Å². The van der Waals surface area contributed by atoms with Gasteiger partial charge in [0.2, 0.25) is 0 Å². The molecule has 0 saturated carbocycles. The van der Waals surface area contributed by atoms with Crippen LogP contribution in [-0.4, -0.2) is 4.98 Å². The first-order valence-corrected chi connectivity index (χ1v) is 10.6. The van der Waals surface area contributed by atoms with E-state index in [1.54, 1.807) is 28.7 Å². The molecule has 138 valence electrons. The number of nitrogens with zero attached hydrogens (tertiary/aromatic N) is 1. The Labute approximate surface area is 165 Å². The van der Waals surface area contributed by atoms with Crippen LogP contribution in [0.1, 0.15) is 26.6 Å². The van der Waals surface area contributed by atoms with E-state index in [4.69, 9.17) is 4.42 Å². The monoisotopic (exact) mass is 397 g/mol. The molecule has 0 atom stereocenters. The van der Waals surface area contributed by atoms with Crippen LogP contribution in [0.2, 0.25) is 0 Å². The van der Waals surface area contributed by atoms with Crippen LogP contribution in [0.15, 0.2) is 44.9 Å². The molecule has 0 unspecified atom stereocenters. The predicted octanol–water partition coefficient (Wildman–Crippen LogP) is 4.17. The second-order valence-electron chi connectivity index (χ2n) is 6.69. The number of nitrogens with two attached hydrogens (primary N) is 1. The van der Waals surface area contributed by atoms with Gasteiger partial charge in [0.15, 0.2) is 0 Å². The zero-order chi connectivity index (χ0) is 19.0. The predicted molar refractivity (Wildman–Crippen MR) is 111 cm³/mol. The van der Waals surface area contributed by atoms with Crippen molar-refractivity contribution in [1.29, 1.82) is 0 Å². The summed E-state index contributed by atoms with van der Waals surface area (Å²) >= 11 is 3.46. The highest BCUT2D eigenvalue weighted by Gasteiger charge is 2.12. The zero-order valence-corrected chi connectivity index (χ0v) is 17.2. The maximum atomic E-state index is 12.0. The highest BCUT2D eigenvalue weighted by Crippen LogP contribution is 2.28. The molecule has 0 saturated heterocycles. The van der Waals surface area contributed by atoms with Gasteiger partial charge in [0, 0.05) is 22.4 Å². The summed E-state index contributed by atoms with van der Waals surface area (Å²) in [7, 11) is 0. The number of fused-ring (bicyclic) bond motifs is 1. The van der Waals surface area contributed by atoms with E-state index < -0.39 is 0 Å². The lowest BCUT2D eigenvalue weighted by Gasteiger charge is -2.08. The van der Waals surface area contributed by atoms with E-state index in [-0.39, 0.29) is 5.63 Å². The summed E-state index contributed by atoms with van der Waals surface area (Å²) in [6.45, 7) is 7.68. The van der Waals surface area contributed by atoms with E-state index in [1.165, 1.54) is 9.75 Å². The van der Waals surface area contributed by atoms with Gasteiger partial charge in [-0.05, 0) is 44.0 Å². The van der Waals surface area contributed by atoms with Crippen LogP contribution in [0.5, 0.6) is 0 Å². The molecule has 4 nitrogen and oxygen atoms in total. The maximum Gasteiger partial charge on any atom is 0.336 e. The van der Waals surface area contributed by atoms with Gasteiger partial charge >= 0.3 is 5.63 Å². The lowest BCUT2D eigenvalue weighted by Crippen LogP contribution is -2.80. The molecule has 0 fully saturated rings. The molecule has 3 heterocycles. The van der Waals surface area contributed by atoms with E-state index in [2.05, 4.69) is 39.9 Å². The second kappa shape index (κ2) is 7.38. The molecule has 27 heavy (non-hydrogen) atoms. The molecule has 0 radical (unpaired) electrons. The van der Waals surface area contributed by atoms with Crippen LogP contribution in [0.4, 0.5) is 0 Å². The first-order valence-electron chi connectivity index (χ1n) is 8.87. The van der Waals surface area contributed by atoms with Gasteiger partial charge in [0.05, 0.1) is 20.5 Å². The highest BCUT2D eigenvalue weighted by atomic mass is 32.1. The van der Waals surface area contributed by atoms with Crippen molar-refractivity contribution >= 4 is 33.6 Å². The molecule has 6 heteroatoms. The average molecular weight is 398 g/mol. The fourth-order valence-corrected chi connectivity index (χ4v) is 4.82. The Hall–Kier alpha value is -2.28. The Morgan fingerprint density at radius 2 is 1.96 bits per heavy atom. The van der Waals surface area contributed by atoms with E-state index in [0.717, 1.165) is 45.9 Å². The molecule has 1 aromatic carbocycles. The third kappa shape index (κ3) is 3.74. The van der Waals surface area contributed by atoms with Gasteiger partial charge in [0.1, 0.15) is 18.7 Å². The molecule has 2 N–H and O–H groups in total. The molecular formula is C21H21N2O2S2+. The number of thiophene rings is 1. The molecule has 3 aromatic heterocycles. The van der Waals surface area contributed by atoms with Crippen molar-refractivity contribution in [1.82, 2.24) is 4.98 Å². The topological polar surface area (TPSA) is 59.7 Å². The number of quaternary nitrogens is 1. The summed E-state index contributed by atoms with van der Waals surface area (Å²) in [5, 5.41) is 6.45. The Kier molecular flexibility index (Phi) is 4.95. The number of thiazole rings is 1. The van der Waals surface area contributed by atoms with Crippen LogP contribution >= 0.6 is 22.7 Å². The SMILES string of the molecule is Cc1nc(-c2ccc(C[NH2+]Cc3cc(=O)oc4c(C)c(C)ccc34)s2)cs1. The van der Waals surface area contributed by atoms with Gasteiger partial charge in [-0.2, -0.15) is 0 Å². The molecule has 0 aliphatic heterocycles.